The largest absolute Gasteiger partial charge is 0.424 e. The van der Waals surface area contributed by atoms with Crippen LogP contribution in [0.2, 0.25) is 0 Å². The molecule has 25 heavy (non-hydrogen) atoms. The minimum absolute atomic E-state index is 0.204. The van der Waals surface area contributed by atoms with Gasteiger partial charge in [-0.25, -0.2) is 0 Å². The minimum atomic E-state index is -0.204. The third-order valence-corrected chi connectivity index (χ3v) is 6.00. The fourth-order valence-electron chi connectivity index (χ4n) is 4.60. The second kappa shape index (κ2) is 7.03. The molecule has 3 aliphatic heterocycles. The number of ether oxygens (including phenoxy) is 1. The molecule has 0 N–H and O–H groups in total. The first-order valence-corrected chi connectivity index (χ1v) is 9.63. The van der Waals surface area contributed by atoms with E-state index in [1.54, 1.807) is 0 Å². The van der Waals surface area contributed by atoms with Crippen molar-refractivity contribution in [3.8, 4) is 0 Å². The molecule has 1 aromatic rings. The zero-order chi connectivity index (χ0) is 17.3. The summed E-state index contributed by atoms with van der Waals surface area (Å²) in [7, 11) is 0. The number of nitrogens with zero attached hydrogens (tertiary/aromatic N) is 4. The van der Waals surface area contributed by atoms with E-state index in [1.165, 1.54) is 0 Å². The molecule has 1 amide bonds. The molecule has 3 saturated heterocycles. The number of hydrogen-bond acceptors (Lipinski definition) is 6. The van der Waals surface area contributed by atoms with E-state index in [0.717, 1.165) is 71.4 Å². The number of amides is 1. The fourth-order valence-corrected chi connectivity index (χ4v) is 4.60. The topological polar surface area (TPSA) is 71.7 Å². The Hall–Kier alpha value is -1.47. The third kappa shape index (κ3) is 3.31. The quantitative estimate of drug-likeness (QED) is 0.823. The Morgan fingerprint density at radius 1 is 1.16 bits per heavy atom. The van der Waals surface area contributed by atoms with Crippen LogP contribution in [0, 0.1) is 5.41 Å². The highest BCUT2D eigenvalue weighted by molar-refractivity contribution is 5.84. The molecular formula is C18H28N4O3. The zero-order valence-electron chi connectivity index (χ0n) is 15.1. The summed E-state index contributed by atoms with van der Waals surface area (Å²) < 4.78 is 11.1. The van der Waals surface area contributed by atoms with Gasteiger partial charge in [0.05, 0.1) is 12.0 Å². The number of aryl methyl sites for hydroxylation is 1. The lowest BCUT2D eigenvalue weighted by Gasteiger charge is -2.44. The molecular weight excluding hydrogens is 320 g/mol. The maximum absolute atomic E-state index is 13.3. The number of piperidine rings is 1. The number of hydrogen-bond donors (Lipinski definition) is 0. The molecule has 0 bridgehead atoms. The first-order chi connectivity index (χ1) is 12.2. The van der Waals surface area contributed by atoms with E-state index in [0.29, 0.717) is 30.3 Å². The van der Waals surface area contributed by atoms with E-state index in [1.807, 2.05) is 6.92 Å². The van der Waals surface area contributed by atoms with Crippen molar-refractivity contribution in [2.45, 2.75) is 58.0 Å². The molecule has 0 unspecified atom stereocenters. The lowest BCUT2D eigenvalue weighted by atomic mass is 9.77. The van der Waals surface area contributed by atoms with E-state index in [4.69, 9.17) is 9.15 Å². The van der Waals surface area contributed by atoms with Gasteiger partial charge in [0, 0.05) is 38.8 Å². The van der Waals surface area contributed by atoms with Gasteiger partial charge in [0.2, 0.25) is 17.7 Å². The summed E-state index contributed by atoms with van der Waals surface area (Å²) in [5.41, 5.74) is -0.204. The van der Waals surface area contributed by atoms with Gasteiger partial charge in [0.1, 0.15) is 0 Å². The summed E-state index contributed by atoms with van der Waals surface area (Å²) in [6, 6.07) is 0.371. The van der Waals surface area contributed by atoms with Gasteiger partial charge in [0.25, 0.3) is 0 Å². The lowest BCUT2D eigenvalue weighted by Crippen LogP contribution is -2.54. The molecule has 0 saturated carbocycles. The Balaban J connectivity index is 1.41. The van der Waals surface area contributed by atoms with E-state index < -0.39 is 0 Å². The first kappa shape index (κ1) is 17.0. The van der Waals surface area contributed by atoms with Crippen molar-refractivity contribution in [1.82, 2.24) is 20.0 Å². The van der Waals surface area contributed by atoms with Crippen LogP contribution in [0.3, 0.4) is 0 Å². The Morgan fingerprint density at radius 2 is 1.96 bits per heavy atom. The fraction of sp³-hybridized carbons (Fsp3) is 0.833. The summed E-state index contributed by atoms with van der Waals surface area (Å²) in [5.74, 6) is 1.72. The highest BCUT2D eigenvalue weighted by Gasteiger charge is 2.49. The zero-order valence-corrected chi connectivity index (χ0v) is 15.1. The number of aromatic nitrogens is 2. The maximum atomic E-state index is 13.3. The van der Waals surface area contributed by atoms with Crippen molar-refractivity contribution >= 4 is 5.91 Å². The summed E-state index contributed by atoms with van der Waals surface area (Å²) in [5, 5.41) is 8.16. The van der Waals surface area contributed by atoms with Gasteiger partial charge in [0.15, 0.2) is 0 Å². The van der Waals surface area contributed by atoms with Gasteiger partial charge < -0.3 is 14.1 Å². The van der Waals surface area contributed by atoms with Crippen LogP contribution in [0.15, 0.2) is 4.42 Å². The highest BCUT2D eigenvalue weighted by Crippen LogP contribution is 2.41. The Labute approximate surface area is 148 Å². The normalized spacial score (nSPS) is 29.0. The van der Waals surface area contributed by atoms with Crippen molar-refractivity contribution in [1.29, 1.82) is 0 Å². The molecule has 3 fully saturated rings. The Bertz CT molecular complexity index is 613. The number of rotatable bonds is 4. The minimum Gasteiger partial charge on any atom is -0.424 e. The summed E-state index contributed by atoms with van der Waals surface area (Å²) in [6.07, 6.45) is 5.78. The van der Waals surface area contributed by atoms with Crippen molar-refractivity contribution in [2.75, 3.05) is 32.8 Å². The van der Waals surface area contributed by atoms with Crippen LogP contribution in [-0.4, -0.2) is 64.8 Å². The highest BCUT2D eigenvalue weighted by atomic mass is 16.5. The van der Waals surface area contributed by atoms with Crippen LogP contribution < -0.4 is 0 Å². The monoisotopic (exact) mass is 348 g/mol. The van der Waals surface area contributed by atoms with E-state index >= 15 is 0 Å². The average Bonchev–Trinajstić information content (AvgIpc) is 3.26. The van der Waals surface area contributed by atoms with Crippen molar-refractivity contribution in [3.05, 3.63) is 11.8 Å². The number of likely N-dealkylation sites (tertiary alicyclic amines) is 2. The molecule has 0 aliphatic carbocycles. The summed E-state index contributed by atoms with van der Waals surface area (Å²) in [4.78, 5) is 17.8. The van der Waals surface area contributed by atoms with Gasteiger partial charge in [-0.2, -0.15) is 0 Å². The first-order valence-electron chi connectivity index (χ1n) is 9.63. The third-order valence-electron chi connectivity index (χ3n) is 6.00. The number of carbonyl (C=O) groups is 1. The molecule has 7 nitrogen and oxygen atoms in total. The summed E-state index contributed by atoms with van der Waals surface area (Å²) >= 11 is 0. The van der Waals surface area contributed by atoms with Gasteiger partial charge in [-0.3, -0.25) is 9.69 Å². The molecule has 4 heterocycles. The van der Waals surface area contributed by atoms with Crippen LogP contribution >= 0.6 is 0 Å². The maximum Gasteiger partial charge on any atom is 0.230 e. The lowest BCUT2D eigenvalue weighted by molar-refractivity contribution is -0.150. The molecule has 0 radical (unpaired) electrons. The van der Waals surface area contributed by atoms with Crippen LogP contribution in [0.4, 0.5) is 0 Å². The molecule has 3 aliphatic rings. The predicted molar refractivity (Wildman–Crippen MR) is 90.8 cm³/mol. The average molecular weight is 348 g/mol. The van der Waals surface area contributed by atoms with Gasteiger partial charge in [-0.15, -0.1) is 10.2 Å². The molecule has 1 aromatic heterocycles. The number of carbonyl (C=O) groups excluding carboxylic acids is 1. The van der Waals surface area contributed by atoms with E-state index in [9.17, 15) is 4.79 Å². The van der Waals surface area contributed by atoms with Crippen molar-refractivity contribution in [2.24, 2.45) is 5.41 Å². The Kier molecular flexibility index (Phi) is 4.78. The Morgan fingerprint density at radius 3 is 2.72 bits per heavy atom. The molecule has 0 aromatic carbocycles. The van der Waals surface area contributed by atoms with Gasteiger partial charge in [-0.1, -0.05) is 6.92 Å². The second-order valence-electron chi connectivity index (χ2n) is 7.63. The van der Waals surface area contributed by atoms with Gasteiger partial charge in [-0.05, 0) is 38.6 Å². The predicted octanol–water partition coefficient (Wildman–Crippen LogP) is 1.63. The molecule has 138 valence electrons. The van der Waals surface area contributed by atoms with Crippen LogP contribution in [0.25, 0.3) is 0 Å². The van der Waals surface area contributed by atoms with E-state index in [-0.39, 0.29) is 5.41 Å². The molecule has 1 atom stereocenters. The molecule has 1 spiro atoms. The summed E-state index contributed by atoms with van der Waals surface area (Å²) in [6.45, 7) is 6.88. The van der Waals surface area contributed by atoms with Crippen molar-refractivity contribution < 1.29 is 13.9 Å². The van der Waals surface area contributed by atoms with Crippen LogP contribution in [-0.2, 0) is 22.5 Å². The smallest absolute Gasteiger partial charge is 0.230 e. The van der Waals surface area contributed by atoms with Crippen molar-refractivity contribution in [3.63, 3.8) is 0 Å². The van der Waals surface area contributed by atoms with E-state index in [2.05, 4.69) is 20.0 Å². The van der Waals surface area contributed by atoms with Crippen LogP contribution in [0.1, 0.15) is 50.8 Å². The standard InChI is InChI=1S/C18H28N4O3/c1-2-15-19-20-16(25-15)12-21-9-7-18(13-21)6-3-8-22(17(18)23)14-4-10-24-11-5-14/h14H,2-13H2,1H3/t18-/m0/s1. The van der Waals surface area contributed by atoms with Crippen LogP contribution in [0.5, 0.6) is 0 Å². The molecule has 7 heteroatoms. The van der Waals surface area contributed by atoms with Gasteiger partial charge >= 0.3 is 0 Å². The SMILES string of the molecule is CCc1nnc(CN2CC[C@@]3(CCCN(C4CCOCC4)C3=O)C2)o1. The molecule has 4 rings (SSSR count). The second-order valence-corrected chi connectivity index (χ2v) is 7.63.